The minimum absolute atomic E-state index is 1.02. The van der Waals surface area contributed by atoms with Crippen LogP contribution in [0.15, 0.2) is 42.5 Å². The Morgan fingerprint density at radius 2 is 1.50 bits per heavy atom. The van der Waals surface area contributed by atoms with Crippen LogP contribution in [-0.4, -0.2) is 4.98 Å². The fourth-order valence-corrected chi connectivity index (χ4v) is 2.17. The van der Waals surface area contributed by atoms with Crippen LogP contribution in [0.4, 0.5) is 0 Å². The first-order chi connectivity index (χ1) is 8.78. The molecule has 0 fully saturated rings. The second-order valence-electron chi connectivity index (χ2n) is 4.84. The van der Waals surface area contributed by atoms with Crippen molar-refractivity contribution in [1.29, 1.82) is 0 Å². The van der Waals surface area contributed by atoms with Crippen molar-refractivity contribution in [2.45, 2.75) is 39.5 Å². The van der Waals surface area contributed by atoms with Crippen LogP contribution in [0.3, 0.4) is 0 Å². The van der Waals surface area contributed by atoms with E-state index in [1.807, 2.05) is 13.0 Å². The molecule has 1 nitrogen and oxygen atoms in total. The van der Waals surface area contributed by atoms with E-state index in [4.69, 9.17) is 0 Å². The lowest BCUT2D eigenvalue weighted by Gasteiger charge is -2.04. The van der Waals surface area contributed by atoms with Gasteiger partial charge in [-0.15, -0.1) is 0 Å². The molecule has 0 aliphatic rings. The fraction of sp³-hybridized carbons (Fsp3) is 0.353. The summed E-state index contributed by atoms with van der Waals surface area (Å²) in [6.45, 7) is 4.26. The summed E-state index contributed by atoms with van der Waals surface area (Å²) in [7, 11) is 0. The molecule has 1 aromatic heterocycles. The van der Waals surface area contributed by atoms with E-state index in [1.165, 1.54) is 29.7 Å². The average Bonchev–Trinajstić information content (AvgIpc) is 2.38. The molecule has 0 N–H and O–H groups in total. The predicted octanol–water partition coefficient (Wildman–Crippen LogP) is 4.13. The second-order valence-corrected chi connectivity index (χ2v) is 4.84. The number of rotatable bonds is 5. The van der Waals surface area contributed by atoms with Gasteiger partial charge in [-0.25, -0.2) is 0 Å². The maximum Gasteiger partial charge on any atom is 0.0410 e. The molecular weight excluding hydrogens is 218 g/mol. The minimum atomic E-state index is 1.02. The van der Waals surface area contributed by atoms with Crippen molar-refractivity contribution in [3.05, 3.63) is 65.0 Å². The highest BCUT2D eigenvalue weighted by Gasteiger charge is 1.98. The molecule has 1 heterocycles. The van der Waals surface area contributed by atoms with Crippen LogP contribution in [0.25, 0.3) is 0 Å². The summed E-state index contributed by atoms with van der Waals surface area (Å²) in [4.78, 5) is 4.54. The Labute approximate surface area is 110 Å². The highest BCUT2D eigenvalue weighted by Crippen LogP contribution is 2.09. The number of aromatic nitrogens is 1. The van der Waals surface area contributed by atoms with Crippen LogP contribution in [0.2, 0.25) is 0 Å². The van der Waals surface area contributed by atoms with E-state index in [-0.39, 0.29) is 0 Å². The molecule has 0 amide bonds. The summed E-state index contributed by atoms with van der Waals surface area (Å²) < 4.78 is 0. The van der Waals surface area contributed by atoms with E-state index in [1.54, 1.807) is 0 Å². The van der Waals surface area contributed by atoms with Crippen molar-refractivity contribution in [2.75, 3.05) is 0 Å². The van der Waals surface area contributed by atoms with E-state index in [0.29, 0.717) is 0 Å². The summed E-state index contributed by atoms with van der Waals surface area (Å²) in [6.07, 6.45) is 4.49. The standard InChI is InChI=1S/C17H21N/c1-3-5-15-8-10-16(11-9-15)12-13-17-7-4-6-14(2)18-17/h4,6-11H,3,5,12-13H2,1-2H3. The smallest absolute Gasteiger partial charge is 0.0410 e. The molecule has 1 aromatic carbocycles. The maximum atomic E-state index is 4.54. The minimum Gasteiger partial charge on any atom is -0.258 e. The summed E-state index contributed by atoms with van der Waals surface area (Å²) in [5, 5.41) is 0. The van der Waals surface area contributed by atoms with Crippen LogP contribution < -0.4 is 0 Å². The van der Waals surface area contributed by atoms with Gasteiger partial charge in [0, 0.05) is 11.4 Å². The van der Waals surface area contributed by atoms with Crippen LogP contribution in [0.5, 0.6) is 0 Å². The van der Waals surface area contributed by atoms with Gasteiger partial charge in [-0.2, -0.15) is 0 Å². The lowest BCUT2D eigenvalue weighted by atomic mass is 10.0. The van der Waals surface area contributed by atoms with E-state index < -0.39 is 0 Å². The van der Waals surface area contributed by atoms with E-state index in [0.717, 1.165) is 18.5 Å². The number of hydrogen-bond donors (Lipinski definition) is 0. The van der Waals surface area contributed by atoms with Gasteiger partial charge >= 0.3 is 0 Å². The summed E-state index contributed by atoms with van der Waals surface area (Å²) in [6, 6.07) is 15.2. The Kier molecular flexibility index (Phi) is 4.52. The number of aryl methyl sites for hydroxylation is 4. The molecular formula is C17H21N. The zero-order valence-corrected chi connectivity index (χ0v) is 11.3. The monoisotopic (exact) mass is 239 g/mol. The molecule has 0 saturated carbocycles. The maximum absolute atomic E-state index is 4.54. The summed E-state index contributed by atoms with van der Waals surface area (Å²) in [5.41, 5.74) is 5.13. The number of hydrogen-bond acceptors (Lipinski definition) is 1. The van der Waals surface area contributed by atoms with E-state index >= 15 is 0 Å². The zero-order chi connectivity index (χ0) is 12.8. The van der Waals surface area contributed by atoms with Crippen molar-refractivity contribution in [3.63, 3.8) is 0 Å². The Morgan fingerprint density at radius 3 is 2.11 bits per heavy atom. The van der Waals surface area contributed by atoms with Gasteiger partial charge in [0.05, 0.1) is 0 Å². The number of pyridine rings is 1. The topological polar surface area (TPSA) is 12.9 Å². The first-order valence-corrected chi connectivity index (χ1v) is 6.78. The molecule has 1 heteroatoms. The first kappa shape index (κ1) is 12.8. The lowest BCUT2D eigenvalue weighted by molar-refractivity contribution is 0.894. The first-order valence-electron chi connectivity index (χ1n) is 6.78. The molecule has 0 unspecified atom stereocenters. The van der Waals surface area contributed by atoms with Crippen LogP contribution >= 0.6 is 0 Å². The molecule has 0 aliphatic carbocycles. The molecule has 0 atom stereocenters. The Bertz CT molecular complexity index is 485. The van der Waals surface area contributed by atoms with Gasteiger partial charge in [0.2, 0.25) is 0 Å². The third-order valence-electron chi connectivity index (χ3n) is 3.18. The lowest BCUT2D eigenvalue weighted by Crippen LogP contribution is -1.96. The van der Waals surface area contributed by atoms with Gasteiger partial charge in [0.15, 0.2) is 0 Å². The Hall–Kier alpha value is -1.63. The third kappa shape index (κ3) is 3.69. The molecule has 2 rings (SSSR count). The summed E-state index contributed by atoms with van der Waals surface area (Å²) >= 11 is 0. The van der Waals surface area contributed by atoms with E-state index in [9.17, 15) is 0 Å². The van der Waals surface area contributed by atoms with Crippen molar-refractivity contribution in [1.82, 2.24) is 4.98 Å². The number of nitrogens with zero attached hydrogens (tertiary/aromatic N) is 1. The van der Waals surface area contributed by atoms with Crippen molar-refractivity contribution in [3.8, 4) is 0 Å². The van der Waals surface area contributed by atoms with Gasteiger partial charge in [-0.1, -0.05) is 43.7 Å². The van der Waals surface area contributed by atoms with Crippen molar-refractivity contribution < 1.29 is 0 Å². The zero-order valence-electron chi connectivity index (χ0n) is 11.3. The quantitative estimate of drug-likeness (QED) is 0.764. The SMILES string of the molecule is CCCc1ccc(CCc2cccc(C)n2)cc1. The van der Waals surface area contributed by atoms with Gasteiger partial charge in [-0.05, 0) is 49.4 Å². The average molecular weight is 239 g/mol. The Balaban J connectivity index is 1.93. The van der Waals surface area contributed by atoms with Gasteiger partial charge in [0.25, 0.3) is 0 Å². The van der Waals surface area contributed by atoms with E-state index in [2.05, 4.69) is 48.3 Å². The largest absolute Gasteiger partial charge is 0.258 e. The van der Waals surface area contributed by atoms with Crippen LogP contribution in [-0.2, 0) is 19.3 Å². The van der Waals surface area contributed by atoms with Crippen LogP contribution in [0, 0.1) is 6.92 Å². The molecule has 0 saturated heterocycles. The molecule has 0 radical (unpaired) electrons. The molecule has 94 valence electrons. The van der Waals surface area contributed by atoms with Gasteiger partial charge in [0.1, 0.15) is 0 Å². The van der Waals surface area contributed by atoms with Crippen molar-refractivity contribution >= 4 is 0 Å². The molecule has 2 aromatic rings. The van der Waals surface area contributed by atoms with Crippen molar-refractivity contribution in [2.24, 2.45) is 0 Å². The Morgan fingerprint density at radius 1 is 0.833 bits per heavy atom. The predicted molar refractivity (Wildman–Crippen MR) is 76.8 cm³/mol. The normalized spacial score (nSPS) is 10.6. The molecule has 18 heavy (non-hydrogen) atoms. The fourth-order valence-electron chi connectivity index (χ4n) is 2.17. The van der Waals surface area contributed by atoms with Gasteiger partial charge in [-0.3, -0.25) is 4.98 Å². The number of benzene rings is 1. The second kappa shape index (κ2) is 6.34. The van der Waals surface area contributed by atoms with Gasteiger partial charge < -0.3 is 0 Å². The summed E-state index contributed by atoms with van der Waals surface area (Å²) in [5.74, 6) is 0. The molecule has 0 aliphatic heterocycles. The van der Waals surface area contributed by atoms with Crippen LogP contribution in [0.1, 0.15) is 35.9 Å². The highest BCUT2D eigenvalue weighted by molar-refractivity contribution is 5.23. The third-order valence-corrected chi connectivity index (χ3v) is 3.18. The molecule has 0 bridgehead atoms. The molecule has 0 spiro atoms. The highest BCUT2D eigenvalue weighted by atomic mass is 14.7.